The van der Waals surface area contributed by atoms with E-state index in [1.54, 1.807) is 0 Å². The molecule has 7 nitrogen and oxygen atoms in total. The van der Waals surface area contributed by atoms with Gasteiger partial charge in [-0.15, -0.1) is 0 Å². The molecule has 2 heterocycles. The fourth-order valence-corrected chi connectivity index (χ4v) is 2.57. The third kappa shape index (κ3) is 4.30. The van der Waals surface area contributed by atoms with Crippen LogP contribution in [0.25, 0.3) is 0 Å². The van der Waals surface area contributed by atoms with Crippen molar-refractivity contribution >= 4 is 17.8 Å². The first-order valence-corrected chi connectivity index (χ1v) is 8.38. The lowest BCUT2D eigenvalue weighted by atomic mass is 10.2. The van der Waals surface area contributed by atoms with E-state index in [4.69, 9.17) is 0 Å². The van der Waals surface area contributed by atoms with E-state index in [9.17, 15) is 4.79 Å². The van der Waals surface area contributed by atoms with Gasteiger partial charge in [-0.3, -0.25) is 4.79 Å². The van der Waals surface area contributed by atoms with Crippen molar-refractivity contribution in [1.82, 2.24) is 19.9 Å². The maximum Gasteiger partial charge on any atom is 0.242 e. The number of amides is 1. The molecule has 1 aromatic heterocycles. The number of hydrogen-bond donors (Lipinski definition) is 0. The molecule has 128 valence electrons. The van der Waals surface area contributed by atoms with Crippen molar-refractivity contribution in [3.63, 3.8) is 0 Å². The molecular weight excluding hydrogens is 292 g/mol. The molecule has 0 aliphatic carbocycles. The lowest BCUT2D eigenvalue weighted by Gasteiger charge is -2.23. The van der Waals surface area contributed by atoms with Crippen LogP contribution in [0.3, 0.4) is 0 Å². The zero-order chi connectivity index (χ0) is 17.0. The normalized spacial score (nSPS) is 16.0. The van der Waals surface area contributed by atoms with E-state index >= 15 is 0 Å². The van der Waals surface area contributed by atoms with E-state index in [0.717, 1.165) is 38.3 Å². The van der Waals surface area contributed by atoms with Crippen molar-refractivity contribution in [2.45, 2.75) is 39.5 Å². The second-order valence-electron chi connectivity index (χ2n) is 6.50. The molecule has 0 N–H and O–H groups in total. The summed E-state index contributed by atoms with van der Waals surface area (Å²) < 4.78 is 0. The minimum Gasteiger partial charge on any atom is -0.347 e. The minimum atomic E-state index is 0.155. The molecule has 0 bridgehead atoms. The van der Waals surface area contributed by atoms with Gasteiger partial charge < -0.3 is 14.7 Å². The fourth-order valence-electron chi connectivity index (χ4n) is 2.57. The van der Waals surface area contributed by atoms with E-state index in [1.165, 1.54) is 0 Å². The van der Waals surface area contributed by atoms with Gasteiger partial charge in [0, 0.05) is 39.6 Å². The zero-order valence-electron chi connectivity index (χ0n) is 14.9. The van der Waals surface area contributed by atoms with Crippen LogP contribution in [0, 0.1) is 0 Å². The van der Waals surface area contributed by atoms with Gasteiger partial charge in [-0.1, -0.05) is 20.8 Å². The van der Waals surface area contributed by atoms with Gasteiger partial charge in [0.15, 0.2) is 0 Å². The molecule has 0 atom stereocenters. The topological polar surface area (TPSA) is 65.5 Å². The summed E-state index contributed by atoms with van der Waals surface area (Å²) in [5.41, 5.74) is 0. The summed E-state index contributed by atoms with van der Waals surface area (Å²) in [5, 5.41) is 0. The van der Waals surface area contributed by atoms with Gasteiger partial charge in [-0.25, -0.2) is 0 Å². The van der Waals surface area contributed by atoms with E-state index in [0.29, 0.717) is 18.4 Å². The van der Waals surface area contributed by atoms with Gasteiger partial charge >= 0.3 is 0 Å². The van der Waals surface area contributed by atoms with Crippen LogP contribution in [0.1, 0.15) is 45.4 Å². The molecular formula is C16H28N6O. The summed E-state index contributed by atoms with van der Waals surface area (Å²) in [6, 6.07) is 0. The van der Waals surface area contributed by atoms with Gasteiger partial charge in [0.05, 0.1) is 6.54 Å². The van der Waals surface area contributed by atoms with Crippen molar-refractivity contribution < 1.29 is 4.79 Å². The highest BCUT2D eigenvalue weighted by Gasteiger charge is 2.24. The predicted octanol–water partition coefficient (Wildman–Crippen LogP) is 1.51. The first-order valence-electron chi connectivity index (χ1n) is 8.38. The van der Waals surface area contributed by atoms with Crippen LogP contribution in [0.5, 0.6) is 0 Å². The second-order valence-corrected chi connectivity index (χ2v) is 6.50. The van der Waals surface area contributed by atoms with Crippen LogP contribution in [0.2, 0.25) is 0 Å². The molecule has 0 unspecified atom stereocenters. The molecule has 1 fully saturated rings. The molecule has 0 aromatic carbocycles. The number of anilines is 2. The molecule has 1 saturated heterocycles. The van der Waals surface area contributed by atoms with Crippen LogP contribution in [0.4, 0.5) is 11.9 Å². The summed E-state index contributed by atoms with van der Waals surface area (Å²) >= 11 is 0. The zero-order valence-corrected chi connectivity index (χ0v) is 14.9. The quantitative estimate of drug-likeness (QED) is 0.819. The number of hydrogen-bond acceptors (Lipinski definition) is 6. The molecule has 1 amide bonds. The fraction of sp³-hybridized carbons (Fsp3) is 0.750. The van der Waals surface area contributed by atoms with Gasteiger partial charge in [0.2, 0.25) is 17.8 Å². The Hall–Kier alpha value is -1.92. The van der Waals surface area contributed by atoms with Crippen molar-refractivity contribution in [2.24, 2.45) is 0 Å². The molecule has 7 heteroatoms. The largest absolute Gasteiger partial charge is 0.347 e. The average Bonchev–Trinajstić information content (AvgIpc) is 2.69. The summed E-state index contributed by atoms with van der Waals surface area (Å²) in [6.07, 6.45) is 1.92. The molecule has 0 saturated carbocycles. The number of aromatic nitrogens is 3. The molecule has 23 heavy (non-hydrogen) atoms. The third-order valence-electron chi connectivity index (χ3n) is 3.86. The van der Waals surface area contributed by atoms with Crippen molar-refractivity contribution in [3.8, 4) is 0 Å². The SMILES string of the molecule is CCCN1CCCN(c2nc(C(C)C)nc(N(C)C)n2)CC1=O. The number of rotatable bonds is 5. The molecule has 1 aromatic rings. The maximum absolute atomic E-state index is 12.4. The van der Waals surface area contributed by atoms with E-state index in [-0.39, 0.29) is 11.8 Å². The van der Waals surface area contributed by atoms with Crippen molar-refractivity contribution in [3.05, 3.63) is 5.82 Å². The van der Waals surface area contributed by atoms with Crippen LogP contribution < -0.4 is 9.80 Å². The lowest BCUT2D eigenvalue weighted by Crippen LogP contribution is -2.38. The summed E-state index contributed by atoms with van der Waals surface area (Å²) in [6.45, 7) is 9.00. The van der Waals surface area contributed by atoms with Crippen LogP contribution >= 0.6 is 0 Å². The van der Waals surface area contributed by atoms with E-state index in [2.05, 4.69) is 35.7 Å². The Bertz CT molecular complexity index is 519. The molecule has 2 rings (SSSR count). The Morgan fingerprint density at radius 2 is 1.91 bits per heavy atom. The number of carbonyl (C=O) groups is 1. The molecule has 1 aliphatic heterocycles. The smallest absolute Gasteiger partial charge is 0.242 e. The van der Waals surface area contributed by atoms with Crippen LogP contribution in [-0.4, -0.2) is 66.0 Å². The monoisotopic (exact) mass is 320 g/mol. The Morgan fingerprint density at radius 1 is 1.17 bits per heavy atom. The molecule has 0 spiro atoms. The third-order valence-corrected chi connectivity index (χ3v) is 3.86. The number of carbonyl (C=O) groups excluding carboxylic acids is 1. The predicted molar refractivity (Wildman–Crippen MR) is 91.9 cm³/mol. The van der Waals surface area contributed by atoms with Crippen molar-refractivity contribution in [1.29, 1.82) is 0 Å². The Balaban J connectivity index is 2.28. The van der Waals surface area contributed by atoms with Crippen molar-refractivity contribution in [2.75, 3.05) is 50.1 Å². The number of nitrogens with zero attached hydrogens (tertiary/aromatic N) is 6. The van der Waals surface area contributed by atoms with Crippen LogP contribution in [0.15, 0.2) is 0 Å². The minimum absolute atomic E-state index is 0.155. The highest BCUT2D eigenvalue weighted by atomic mass is 16.2. The first kappa shape index (κ1) is 17.4. The summed E-state index contributed by atoms with van der Waals surface area (Å²) in [4.78, 5) is 31.9. The second kappa shape index (κ2) is 7.57. The highest BCUT2D eigenvalue weighted by Crippen LogP contribution is 2.19. The average molecular weight is 320 g/mol. The Labute approximate surface area is 138 Å². The summed E-state index contributed by atoms with van der Waals surface area (Å²) in [5.74, 6) is 2.39. The maximum atomic E-state index is 12.4. The molecule has 1 aliphatic rings. The Kier molecular flexibility index (Phi) is 5.74. The summed E-state index contributed by atoms with van der Waals surface area (Å²) in [7, 11) is 3.83. The molecule has 0 radical (unpaired) electrons. The van der Waals surface area contributed by atoms with Gasteiger partial charge in [-0.2, -0.15) is 15.0 Å². The van der Waals surface area contributed by atoms with E-state index in [1.807, 2.05) is 28.8 Å². The standard InChI is InChI=1S/C16H28N6O/c1-6-8-21-9-7-10-22(11-13(21)23)16-18-14(12(2)3)17-15(19-16)20(4)5/h12H,6-11H2,1-5H3. The first-order chi connectivity index (χ1) is 10.9. The highest BCUT2D eigenvalue weighted by molar-refractivity contribution is 5.81. The lowest BCUT2D eigenvalue weighted by molar-refractivity contribution is -0.129. The van der Waals surface area contributed by atoms with Gasteiger partial charge in [0.1, 0.15) is 5.82 Å². The van der Waals surface area contributed by atoms with E-state index < -0.39 is 0 Å². The van der Waals surface area contributed by atoms with Crippen LogP contribution in [-0.2, 0) is 4.79 Å². The van der Waals surface area contributed by atoms with Gasteiger partial charge in [-0.05, 0) is 12.8 Å². The Morgan fingerprint density at radius 3 is 2.52 bits per heavy atom. The van der Waals surface area contributed by atoms with Gasteiger partial charge in [0.25, 0.3) is 0 Å².